The van der Waals surface area contributed by atoms with Crippen LogP contribution in [0.2, 0.25) is 0 Å². The molecule has 1 unspecified atom stereocenters. The van der Waals surface area contributed by atoms with Crippen molar-refractivity contribution in [2.24, 2.45) is 0 Å². The molecule has 0 spiro atoms. The average Bonchev–Trinajstić information content (AvgIpc) is 2.37. The van der Waals surface area contributed by atoms with Gasteiger partial charge in [0.05, 0.1) is 19.6 Å². The predicted octanol–water partition coefficient (Wildman–Crippen LogP) is -0.223. The second-order valence-corrected chi connectivity index (χ2v) is 4.11. The minimum absolute atomic E-state index is 0.191. The topological polar surface area (TPSA) is 67.9 Å². The van der Waals surface area contributed by atoms with Gasteiger partial charge >= 0.3 is 11.9 Å². The summed E-state index contributed by atoms with van der Waals surface area (Å²) in [5.41, 5.74) is 0. The highest BCUT2D eigenvalue weighted by molar-refractivity contribution is 5.76. The normalized spacial score (nSPS) is 20.4. The molecule has 18 heavy (non-hydrogen) atoms. The second kappa shape index (κ2) is 8.05. The zero-order chi connectivity index (χ0) is 13.4. The summed E-state index contributed by atoms with van der Waals surface area (Å²) < 4.78 is 9.85. The predicted molar refractivity (Wildman–Crippen MR) is 66.1 cm³/mol. The van der Waals surface area contributed by atoms with Crippen LogP contribution in [0.25, 0.3) is 0 Å². The van der Waals surface area contributed by atoms with Gasteiger partial charge in [-0.3, -0.25) is 14.5 Å². The zero-order valence-electron chi connectivity index (χ0n) is 11.1. The molecule has 0 saturated carbocycles. The largest absolute Gasteiger partial charge is 0.466 e. The molecule has 1 N–H and O–H groups in total. The van der Waals surface area contributed by atoms with E-state index in [0.29, 0.717) is 32.7 Å². The summed E-state index contributed by atoms with van der Waals surface area (Å²) >= 11 is 0. The molecule has 1 rings (SSSR count). The van der Waals surface area contributed by atoms with E-state index < -0.39 is 0 Å². The molecular formula is C12H22N2O4. The molecule has 6 heteroatoms. The fraction of sp³-hybridized carbons (Fsp3) is 0.833. The third-order valence-electron chi connectivity index (χ3n) is 2.77. The maximum Gasteiger partial charge on any atom is 0.324 e. The Morgan fingerprint density at radius 2 is 2.00 bits per heavy atom. The fourth-order valence-electron chi connectivity index (χ4n) is 1.90. The number of piperazine rings is 1. The maximum absolute atomic E-state index is 11.6. The Labute approximate surface area is 108 Å². The first-order valence-corrected chi connectivity index (χ1v) is 6.45. The molecule has 1 aliphatic heterocycles. The lowest BCUT2D eigenvalue weighted by atomic mass is 10.2. The second-order valence-electron chi connectivity index (χ2n) is 4.11. The minimum Gasteiger partial charge on any atom is -0.466 e. The van der Waals surface area contributed by atoms with Gasteiger partial charge in [-0.2, -0.15) is 0 Å². The number of carbonyl (C=O) groups excluding carboxylic acids is 2. The van der Waals surface area contributed by atoms with Crippen molar-refractivity contribution in [3.05, 3.63) is 0 Å². The lowest BCUT2D eigenvalue weighted by Gasteiger charge is -2.32. The first-order chi connectivity index (χ1) is 8.67. The Kier molecular flexibility index (Phi) is 6.67. The maximum atomic E-state index is 11.6. The molecule has 1 atom stereocenters. The van der Waals surface area contributed by atoms with E-state index in [1.807, 2.05) is 0 Å². The molecule has 1 fully saturated rings. The Bertz CT molecular complexity index is 283. The summed E-state index contributed by atoms with van der Waals surface area (Å²) in [6, 6.07) is -0.291. The molecule has 0 bridgehead atoms. The van der Waals surface area contributed by atoms with E-state index >= 15 is 0 Å². The first-order valence-electron chi connectivity index (χ1n) is 6.45. The number of nitrogens with zero attached hydrogens (tertiary/aromatic N) is 1. The van der Waals surface area contributed by atoms with E-state index in [2.05, 4.69) is 10.2 Å². The lowest BCUT2D eigenvalue weighted by molar-refractivity contribution is -0.146. The molecule has 1 aliphatic rings. The standard InChI is InChI=1S/C12H22N2O4/c1-3-17-11(15)5-7-14-8-6-13-10(9-14)12(16)18-4-2/h10,13H,3-9H2,1-2H3. The molecule has 1 heterocycles. The first kappa shape index (κ1) is 14.9. The van der Waals surface area contributed by atoms with Gasteiger partial charge in [-0.15, -0.1) is 0 Å². The average molecular weight is 258 g/mol. The number of rotatable bonds is 6. The Balaban J connectivity index is 2.30. The van der Waals surface area contributed by atoms with Crippen molar-refractivity contribution in [2.45, 2.75) is 26.3 Å². The molecule has 104 valence electrons. The molecular weight excluding hydrogens is 236 g/mol. The third-order valence-corrected chi connectivity index (χ3v) is 2.77. The van der Waals surface area contributed by atoms with E-state index in [1.165, 1.54) is 0 Å². The Morgan fingerprint density at radius 1 is 1.28 bits per heavy atom. The van der Waals surface area contributed by atoms with Crippen LogP contribution >= 0.6 is 0 Å². The molecule has 0 aliphatic carbocycles. The van der Waals surface area contributed by atoms with E-state index in [0.717, 1.165) is 13.1 Å². The Morgan fingerprint density at radius 3 is 2.67 bits per heavy atom. The molecule has 0 aromatic rings. The quantitative estimate of drug-likeness (QED) is 0.664. The van der Waals surface area contributed by atoms with Gasteiger partial charge in [-0.25, -0.2) is 0 Å². The summed E-state index contributed by atoms with van der Waals surface area (Å²) in [4.78, 5) is 24.9. The van der Waals surface area contributed by atoms with Crippen LogP contribution in [0.4, 0.5) is 0 Å². The monoisotopic (exact) mass is 258 g/mol. The van der Waals surface area contributed by atoms with E-state index in [9.17, 15) is 9.59 Å². The zero-order valence-corrected chi connectivity index (χ0v) is 11.1. The van der Waals surface area contributed by atoms with Gasteiger partial charge in [0, 0.05) is 26.2 Å². The van der Waals surface area contributed by atoms with Gasteiger partial charge in [0.1, 0.15) is 6.04 Å². The van der Waals surface area contributed by atoms with Crippen LogP contribution < -0.4 is 5.32 Å². The van der Waals surface area contributed by atoms with Gasteiger partial charge in [0.2, 0.25) is 0 Å². The van der Waals surface area contributed by atoms with Gasteiger partial charge in [0.15, 0.2) is 0 Å². The molecule has 0 radical (unpaired) electrons. The van der Waals surface area contributed by atoms with Crippen molar-refractivity contribution in [2.75, 3.05) is 39.4 Å². The summed E-state index contributed by atoms with van der Waals surface area (Å²) in [5, 5.41) is 3.11. The number of nitrogens with one attached hydrogen (secondary N) is 1. The highest BCUT2D eigenvalue weighted by Gasteiger charge is 2.26. The molecule has 1 saturated heterocycles. The van der Waals surface area contributed by atoms with Crippen LogP contribution in [0.1, 0.15) is 20.3 Å². The van der Waals surface area contributed by atoms with Gasteiger partial charge in [-0.05, 0) is 13.8 Å². The number of hydrogen-bond acceptors (Lipinski definition) is 6. The van der Waals surface area contributed by atoms with Gasteiger partial charge in [-0.1, -0.05) is 0 Å². The summed E-state index contributed by atoms with van der Waals surface area (Å²) in [5.74, 6) is -0.415. The third kappa shape index (κ3) is 5.01. The number of hydrogen-bond donors (Lipinski definition) is 1. The highest BCUT2D eigenvalue weighted by Crippen LogP contribution is 2.03. The van der Waals surface area contributed by atoms with Crippen molar-refractivity contribution < 1.29 is 19.1 Å². The van der Waals surface area contributed by atoms with Crippen LogP contribution in [0, 0.1) is 0 Å². The number of ether oxygens (including phenoxy) is 2. The van der Waals surface area contributed by atoms with E-state index in [1.54, 1.807) is 13.8 Å². The fourth-order valence-corrected chi connectivity index (χ4v) is 1.90. The van der Waals surface area contributed by atoms with Crippen molar-refractivity contribution in [1.29, 1.82) is 0 Å². The number of esters is 2. The minimum atomic E-state index is -0.291. The van der Waals surface area contributed by atoms with Crippen molar-refractivity contribution >= 4 is 11.9 Å². The molecule has 0 aromatic heterocycles. The van der Waals surface area contributed by atoms with Crippen LogP contribution in [0.5, 0.6) is 0 Å². The van der Waals surface area contributed by atoms with E-state index in [-0.39, 0.29) is 18.0 Å². The van der Waals surface area contributed by atoms with Crippen molar-refractivity contribution in [1.82, 2.24) is 10.2 Å². The van der Waals surface area contributed by atoms with Crippen LogP contribution in [0.15, 0.2) is 0 Å². The van der Waals surface area contributed by atoms with Gasteiger partial charge in [0.25, 0.3) is 0 Å². The summed E-state index contributed by atoms with van der Waals surface area (Å²) in [6.07, 6.45) is 0.364. The van der Waals surface area contributed by atoms with Crippen LogP contribution in [-0.2, 0) is 19.1 Å². The van der Waals surface area contributed by atoms with Crippen LogP contribution in [-0.4, -0.2) is 62.3 Å². The van der Waals surface area contributed by atoms with E-state index in [4.69, 9.17) is 9.47 Å². The molecule has 6 nitrogen and oxygen atoms in total. The Hall–Kier alpha value is -1.14. The SMILES string of the molecule is CCOC(=O)CCN1CCNC(C(=O)OCC)C1. The molecule has 0 amide bonds. The lowest BCUT2D eigenvalue weighted by Crippen LogP contribution is -2.54. The summed E-state index contributed by atoms with van der Waals surface area (Å²) in [7, 11) is 0. The highest BCUT2D eigenvalue weighted by atomic mass is 16.5. The smallest absolute Gasteiger partial charge is 0.324 e. The molecule has 0 aromatic carbocycles. The van der Waals surface area contributed by atoms with Crippen molar-refractivity contribution in [3.63, 3.8) is 0 Å². The van der Waals surface area contributed by atoms with Crippen LogP contribution in [0.3, 0.4) is 0 Å². The van der Waals surface area contributed by atoms with Gasteiger partial charge < -0.3 is 14.8 Å². The number of carbonyl (C=O) groups is 2. The van der Waals surface area contributed by atoms with Crippen molar-refractivity contribution in [3.8, 4) is 0 Å². The summed E-state index contributed by atoms with van der Waals surface area (Å²) in [6.45, 7) is 7.14.